The molecule has 1 atom stereocenters. The van der Waals surface area contributed by atoms with Crippen LogP contribution < -0.4 is 0 Å². The first kappa shape index (κ1) is 11.2. The van der Waals surface area contributed by atoms with E-state index < -0.39 is 0 Å². The molecule has 0 unspecified atom stereocenters. The van der Waals surface area contributed by atoms with Crippen molar-refractivity contribution in [2.24, 2.45) is 5.41 Å². The zero-order valence-corrected chi connectivity index (χ0v) is 8.65. The van der Waals surface area contributed by atoms with E-state index in [2.05, 4.69) is 32.9 Å². The maximum absolute atomic E-state index is 8.88. The van der Waals surface area contributed by atoms with Gasteiger partial charge in [0.2, 0.25) is 0 Å². The Labute approximate surface area is 76.1 Å². The van der Waals surface area contributed by atoms with Crippen LogP contribution in [0.4, 0.5) is 0 Å². The summed E-state index contributed by atoms with van der Waals surface area (Å²) in [6.07, 6.45) is 5.15. The fraction of sp³-hybridized carbons (Fsp3) is 0.727. The predicted octanol–water partition coefficient (Wildman–Crippen LogP) is 3.67. The standard InChI is InChI=1S/C11H19N/c1-5-11(4,9-12)8-6-7-10(2)3/h7H,5-6,8H2,1-4H3/t11-/m1/s1. The molecule has 12 heavy (non-hydrogen) atoms. The third kappa shape index (κ3) is 4.18. The van der Waals surface area contributed by atoms with Crippen LogP contribution in [-0.4, -0.2) is 0 Å². The van der Waals surface area contributed by atoms with E-state index in [0.717, 1.165) is 19.3 Å². The molecule has 0 bridgehead atoms. The number of rotatable bonds is 4. The molecule has 1 nitrogen and oxygen atoms in total. The first-order valence-electron chi connectivity index (χ1n) is 4.58. The van der Waals surface area contributed by atoms with Crippen LogP contribution in [-0.2, 0) is 0 Å². The van der Waals surface area contributed by atoms with Crippen molar-refractivity contribution in [1.82, 2.24) is 0 Å². The Morgan fingerprint density at radius 1 is 1.50 bits per heavy atom. The van der Waals surface area contributed by atoms with Crippen LogP contribution in [0.1, 0.15) is 47.0 Å². The van der Waals surface area contributed by atoms with Crippen LogP contribution in [0.2, 0.25) is 0 Å². The summed E-state index contributed by atoms with van der Waals surface area (Å²) in [5.41, 5.74) is 1.22. The number of nitriles is 1. The van der Waals surface area contributed by atoms with Gasteiger partial charge >= 0.3 is 0 Å². The smallest absolute Gasteiger partial charge is 0.0686 e. The molecular formula is C11H19N. The number of allylic oxidation sites excluding steroid dienone is 2. The fourth-order valence-corrected chi connectivity index (χ4v) is 0.991. The van der Waals surface area contributed by atoms with E-state index in [0.29, 0.717) is 0 Å². The molecule has 0 aromatic carbocycles. The molecule has 0 rings (SSSR count). The molecule has 0 aliphatic rings. The Balaban J connectivity index is 3.92. The summed E-state index contributed by atoms with van der Waals surface area (Å²) < 4.78 is 0. The third-order valence-electron chi connectivity index (χ3n) is 2.30. The minimum absolute atomic E-state index is 0.119. The highest BCUT2D eigenvalue weighted by Gasteiger charge is 2.19. The van der Waals surface area contributed by atoms with Gasteiger partial charge in [0.1, 0.15) is 0 Å². The van der Waals surface area contributed by atoms with Crippen molar-refractivity contribution >= 4 is 0 Å². The minimum atomic E-state index is -0.119. The Bertz CT molecular complexity index is 194. The van der Waals surface area contributed by atoms with Crippen molar-refractivity contribution in [3.63, 3.8) is 0 Å². The van der Waals surface area contributed by atoms with Crippen molar-refractivity contribution in [2.75, 3.05) is 0 Å². The van der Waals surface area contributed by atoms with Crippen molar-refractivity contribution in [2.45, 2.75) is 47.0 Å². The summed E-state index contributed by atoms with van der Waals surface area (Å²) >= 11 is 0. The lowest BCUT2D eigenvalue weighted by Gasteiger charge is -2.17. The zero-order chi connectivity index (χ0) is 9.61. The lowest BCUT2D eigenvalue weighted by atomic mass is 9.84. The van der Waals surface area contributed by atoms with Gasteiger partial charge in [0, 0.05) is 0 Å². The molecule has 0 aromatic rings. The molecule has 0 spiro atoms. The highest BCUT2D eigenvalue weighted by atomic mass is 14.3. The quantitative estimate of drug-likeness (QED) is 0.583. The molecule has 1 heteroatoms. The molecule has 0 aromatic heterocycles. The van der Waals surface area contributed by atoms with Crippen molar-refractivity contribution in [3.05, 3.63) is 11.6 Å². The Hall–Kier alpha value is -0.770. The summed E-state index contributed by atoms with van der Waals surface area (Å²) in [6, 6.07) is 2.37. The maximum atomic E-state index is 8.88. The van der Waals surface area contributed by atoms with Crippen LogP contribution in [0.3, 0.4) is 0 Å². The molecule has 68 valence electrons. The molecule has 0 aliphatic carbocycles. The van der Waals surface area contributed by atoms with E-state index in [1.54, 1.807) is 0 Å². The zero-order valence-electron chi connectivity index (χ0n) is 8.65. The average Bonchev–Trinajstić information content (AvgIpc) is 2.03. The van der Waals surface area contributed by atoms with Crippen LogP contribution >= 0.6 is 0 Å². The first-order valence-corrected chi connectivity index (χ1v) is 4.58. The minimum Gasteiger partial charge on any atom is -0.198 e. The molecule has 0 heterocycles. The SMILES string of the molecule is CC[C@@](C)(C#N)CCC=C(C)C. The van der Waals surface area contributed by atoms with Gasteiger partial charge in [-0.2, -0.15) is 5.26 Å². The highest BCUT2D eigenvalue weighted by Crippen LogP contribution is 2.26. The molecule has 0 saturated heterocycles. The molecule has 0 N–H and O–H groups in total. The molecular weight excluding hydrogens is 146 g/mol. The van der Waals surface area contributed by atoms with Gasteiger partial charge in [0.25, 0.3) is 0 Å². The second-order valence-corrected chi connectivity index (χ2v) is 3.85. The molecule has 0 saturated carbocycles. The Kier molecular flexibility index (Phi) is 4.66. The molecule has 0 amide bonds. The molecule has 0 radical (unpaired) electrons. The summed E-state index contributed by atoms with van der Waals surface area (Å²) in [4.78, 5) is 0. The van der Waals surface area contributed by atoms with Crippen LogP contribution in [0.5, 0.6) is 0 Å². The summed E-state index contributed by atoms with van der Waals surface area (Å²) in [5.74, 6) is 0. The van der Waals surface area contributed by atoms with Gasteiger partial charge < -0.3 is 0 Å². The van der Waals surface area contributed by atoms with Gasteiger partial charge in [-0.05, 0) is 40.0 Å². The summed E-state index contributed by atoms with van der Waals surface area (Å²) in [6.45, 7) is 8.29. The monoisotopic (exact) mass is 165 g/mol. The molecule has 0 aliphatic heterocycles. The largest absolute Gasteiger partial charge is 0.198 e. The molecule has 0 fully saturated rings. The average molecular weight is 165 g/mol. The lowest BCUT2D eigenvalue weighted by molar-refractivity contribution is 0.394. The first-order chi connectivity index (χ1) is 5.54. The maximum Gasteiger partial charge on any atom is 0.0686 e. The van der Waals surface area contributed by atoms with E-state index in [-0.39, 0.29) is 5.41 Å². The fourth-order valence-electron chi connectivity index (χ4n) is 0.991. The number of hydrogen-bond donors (Lipinski definition) is 0. The van der Waals surface area contributed by atoms with Crippen molar-refractivity contribution in [1.29, 1.82) is 5.26 Å². The van der Waals surface area contributed by atoms with Gasteiger partial charge in [0.05, 0.1) is 11.5 Å². The number of hydrogen-bond acceptors (Lipinski definition) is 1. The van der Waals surface area contributed by atoms with E-state index in [1.165, 1.54) is 5.57 Å². The van der Waals surface area contributed by atoms with Gasteiger partial charge in [-0.1, -0.05) is 18.6 Å². The summed E-state index contributed by atoms with van der Waals surface area (Å²) in [7, 11) is 0. The van der Waals surface area contributed by atoms with Crippen LogP contribution in [0.25, 0.3) is 0 Å². The third-order valence-corrected chi connectivity index (χ3v) is 2.30. The van der Waals surface area contributed by atoms with Gasteiger partial charge in [0.15, 0.2) is 0 Å². The number of nitrogens with zero attached hydrogens (tertiary/aromatic N) is 1. The van der Waals surface area contributed by atoms with Gasteiger partial charge in [-0.15, -0.1) is 0 Å². The van der Waals surface area contributed by atoms with Gasteiger partial charge in [-0.25, -0.2) is 0 Å². The lowest BCUT2D eigenvalue weighted by Crippen LogP contribution is -2.11. The second kappa shape index (κ2) is 4.98. The van der Waals surface area contributed by atoms with E-state index in [1.807, 2.05) is 6.92 Å². The second-order valence-electron chi connectivity index (χ2n) is 3.85. The highest BCUT2D eigenvalue weighted by molar-refractivity contribution is 4.99. The van der Waals surface area contributed by atoms with Crippen LogP contribution in [0, 0.1) is 16.7 Å². The van der Waals surface area contributed by atoms with E-state index in [9.17, 15) is 0 Å². The predicted molar refractivity (Wildman–Crippen MR) is 52.7 cm³/mol. The Morgan fingerprint density at radius 3 is 2.42 bits per heavy atom. The van der Waals surface area contributed by atoms with Crippen molar-refractivity contribution < 1.29 is 0 Å². The topological polar surface area (TPSA) is 23.8 Å². The summed E-state index contributed by atoms with van der Waals surface area (Å²) in [5, 5.41) is 8.88. The van der Waals surface area contributed by atoms with Crippen LogP contribution in [0.15, 0.2) is 11.6 Å². The van der Waals surface area contributed by atoms with Gasteiger partial charge in [-0.3, -0.25) is 0 Å². The normalized spacial score (nSPS) is 14.6. The van der Waals surface area contributed by atoms with E-state index in [4.69, 9.17) is 5.26 Å². The van der Waals surface area contributed by atoms with E-state index >= 15 is 0 Å². The van der Waals surface area contributed by atoms with Crippen molar-refractivity contribution in [3.8, 4) is 6.07 Å². The Morgan fingerprint density at radius 2 is 2.08 bits per heavy atom.